The van der Waals surface area contributed by atoms with E-state index in [1.165, 1.54) is 51.4 Å². The molecule has 0 spiro atoms. The van der Waals surface area contributed by atoms with Crippen molar-refractivity contribution < 1.29 is 19.8 Å². The van der Waals surface area contributed by atoms with Gasteiger partial charge in [0.2, 0.25) is 0 Å². The van der Waals surface area contributed by atoms with Gasteiger partial charge in [0.05, 0.1) is 61.2 Å². The Kier molecular flexibility index (Phi) is 8.13. The van der Waals surface area contributed by atoms with E-state index in [0.29, 0.717) is 54.8 Å². The zero-order valence-electron chi connectivity index (χ0n) is 27.0. The van der Waals surface area contributed by atoms with E-state index in [-0.39, 0.29) is 73.0 Å². The molecule has 0 amide bonds. The molecule has 0 aromatic carbocycles. The lowest BCUT2D eigenvalue weighted by Gasteiger charge is -2.37. The first-order chi connectivity index (χ1) is 22.4. The molecule has 5 aliphatic heterocycles. The Labute approximate surface area is 272 Å². The number of rotatable bonds is 2. The number of carbonyl (C=O) groups is 2. The molecule has 0 aromatic rings. The maximum atomic E-state index is 12.2. The van der Waals surface area contributed by atoms with Gasteiger partial charge in [0.1, 0.15) is 0 Å². The molecular formula is C34H56N8O4. The lowest BCUT2D eigenvalue weighted by atomic mass is 9.72. The molecule has 9 rings (SSSR count). The third-order valence-electron chi connectivity index (χ3n) is 14.7. The van der Waals surface area contributed by atoms with E-state index >= 15 is 0 Å². The van der Waals surface area contributed by atoms with Gasteiger partial charge in [-0.1, -0.05) is 25.7 Å². The highest BCUT2D eigenvalue weighted by atomic mass is 16.4. The number of carboxylic acid groups (broad SMARTS) is 2. The van der Waals surface area contributed by atoms with Gasteiger partial charge in [0.25, 0.3) is 0 Å². The highest BCUT2D eigenvalue weighted by molar-refractivity contribution is 5.70. The summed E-state index contributed by atoms with van der Waals surface area (Å²) in [5.74, 6) is 1.56. The number of fused-ring (bicyclic) bond motifs is 20. The molecule has 0 radical (unpaired) electrons. The van der Waals surface area contributed by atoms with Crippen LogP contribution in [0.25, 0.3) is 0 Å². The van der Waals surface area contributed by atoms with Gasteiger partial charge in [-0.25, -0.2) is 0 Å². The molecule has 12 heteroatoms. The van der Waals surface area contributed by atoms with Crippen LogP contribution in [0.3, 0.4) is 0 Å². The summed E-state index contributed by atoms with van der Waals surface area (Å²) in [6.07, 6.45) is 15.9. The van der Waals surface area contributed by atoms with Crippen LogP contribution < -0.4 is 42.5 Å². The van der Waals surface area contributed by atoms with Gasteiger partial charge in [0.15, 0.2) is 0 Å². The molecule has 9 aliphatic rings. The molecule has 5 saturated heterocycles. The van der Waals surface area contributed by atoms with E-state index in [4.69, 9.17) is 0 Å². The Morgan fingerprint density at radius 1 is 0.348 bits per heavy atom. The second kappa shape index (κ2) is 12.2. The Bertz CT molecular complexity index is 1160. The highest BCUT2D eigenvalue weighted by Gasteiger charge is 2.55. The minimum Gasteiger partial charge on any atom is -0.481 e. The van der Waals surface area contributed by atoms with E-state index in [0.717, 1.165) is 19.3 Å². The summed E-state index contributed by atoms with van der Waals surface area (Å²) in [5.41, 5.74) is 0. The van der Waals surface area contributed by atoms with Crippen molar-refractivity contribution in [3.63, 3.8) is 0 Å². The van der Waals surface area contributed by atoms with Crippen LogP contribution in [0.5, 0.6) is 0 Å². The Hall–Kier alpha value is -1.38. The van der Waals surface area contributed by atoms with E-state index in [2.05, 4.69) is 42.5 Å². The zero-order chi connectivity index (χ0) is 31.1. The van der Waals surface area contributed by atoms with Crippen LogP contribution >= 0.6 is 0 Å². The van der Waals surface area contributed by atoms with E-state index in [9.17, 15) is 19.8 Å². The molecule has 9 fully saturated rings. The molecule has 4 aliphatic carbocycles. The summed E-state index contributed by atoms with van der Waals surface area (Å²) >= 11 is 0. The van der Waals surface area contributed by atoms with Crippen LogP contribution in [0.1, 0.15) is 89.9 Å². The predicted molar refractivity (Wildman–Crippen MR) is 170 cm³/mol. The number of nitrogens with one attached hydrogen (secondary N) is 8. The molecule has 18 atom stereocenters. The van der Waals surface area contributed by atoms with Gasteiger partial charge in [-0.2, -0.15) is 0 Å². The van der Waals surface area contributed by atoms with Gasteiger partial charge in [0, 0.05) is 0 Å². The van der Waals surface area contributed by atoms with Crippen molar-refractivity contribution in [1.82, 2.24) is 42.5 Å². The fraction of sp³-hybridized carbons (Fsp3) is 0.941. The molecule has 4 saturated carbocycles. The van der Waals surface area contributed by atoms with Crippen molar-refractivity contribution in [3.8, 4) is 0 Å². The summed E-state index contributed by atoms with van der Waals surface area (Å²) < 4.78 is 0. The fourth-order valence-corrected chi connectivity index (χ4v) is 12.4. The number of hydrogen-bond donors (Lipinski definition) is 10. The average molecular weight is 641 g/mol. The van der Waals surface area contributed by atoms with E-state index in [1.54, 1.807) is 0 Å². The second-order valence-corrected chi connectivity index (χ2v) is 16.7. The van der Waals surface area contributed by atoms with Gasteiger partial charge in [-0.15, -0.1) is 0 Å². The van der Waals surface area contributed by atoms with Gasteiger partial charge < -0.3 is 10.2 Å². The smallest absolute Gasteiger partial charge is 0.306 e. The lowest BCUT2D eigenvalue weighted by Crippen LogP contribution is -2.61. The highest BCUT2D eigenvalue weighted by Crippen LogP contribution is 2.47. The summed E-state index contributed by atoms with van der Waals surface area (Å²) in [5, 5.41) is 52.5. The first kappa shape index (κ1) is 30.7. The quantitative estimate of drug-likeness (QED) is 0.210. The van der Waals surface area contributed by atoms with Crippen molar-refractivity contribution in [2.75, 3.05) is 0 Å². The van der Waals surface area contributed by atoms with Crippen LogP contribution in [0, 0.1) is 59.2 Å². The molecular weight excluding hydrogens is 584 g/mol. The Morgan fingerprint density at radius 2 is 0.587 bits per heavy atom. The maximum Gasteiger partial charge on any atom is 0.306 e. The van der Waals surface area contributed by atoms with Crippen LogP contribution in [0.15, 0.2) is 0 Å². The summed E-state index contributed by atoms with van der Waals surface area (Å²) in [6, 6.07) is 0. The predicted octanol–water partition coefficient (Wildman–Crippen LogP) is 1.23. The number of aliphatic carboxylic acids is 2. The van der Waals surface area contributed by atoms with Gasteiger partial charge in [-0.3, -0.25) is 52.1 Å². The third kappa shape index (κ3) is 5.25. The molecule has 8 bridgehead atoms. The van der Waals surface area contributed by atoms with Crippen molar-refractivity contribution >= 4 is 11.9 Å². The van der Waals surface area contributed by atoms with Crippen molar-refractivity contribution in [2.45, 2.75) is 139 Å². The van der Waals surface area contributed by atoms with Crippen LogP contribution in [-0.2, 0) is 9.59 Å². The normalized spacial score (nSPS) is 54.7. The molecule has 12 nitrogen and oxygen atoms in total. The first-order valence-electron chi connectivity index (χ1n) is 19.0. The van der Waals surface area contributed by atoms with Gasteiger partial charge in [-0.05, 0) is 112 Å². The summed E-state index contributed by atoms with van der Waals surface area (Å²) in [6.45, 7) is 0. The lowest BCUT2D eigenvalue weighted by molar-refractivity contribution is -0.145. The molecule has 46 heavy (non-hydrogen) atoms. The van der Waals surface area contributed by atoms with Crippen LogP contribution in [0.2, 0.25) is 0 Å². The van der Waals surface area contributed by atoms with Crippen LogP contribution in [0.4, 0.5) is 0 Å². The largest absolute Gasteiger partial charge is 0.481 e. The zero-order valence-corrected chi connectivity index (χ0v) is 27.0. The second-order valence-electron chi connectivity index (χ2n) is 16.7. The SMILES string of the molecule is O=C(O)C1CCC2C3NC(NC4NC(NC5NC(NC6NC(N3)C3CC(C(=O)O)CCC63)C3CCCCC53)C3CCCCC43)C2C1. The summed E-state index contributed by atoms with van der Waals surface area (Å²) in [4.78, 5) is 24.4. The number of hydrogen-bond acceptors (Lipinski definition) is 10. The fourth-order valence-electron chi connectivity index (χ4n) is 12.4. The Balaban J connectivity index is 1.05. The molecule has 0 aromatic heterocycles. The monoisotopic (exact) mass is 640 g/mol. The topological polar surface area (TPSA) is 171 Å². The summed E-state index contributed by atoms with van der Waals surface area (Å²) in [7, 11) is 0. The molecule has 10 N–H and O–H groups in total. The minimum absolute atomic E-state index is 0.000779. The molecule has 18 unspecified atom stereocenters. The van der Waals surface area contributed by atoms with Crippen molar-refractivity contribution in [1.29, 1.82) is 0 Å². The standard InChI is InChI=1S/C34H56N8O4/c43-33(44)15-9-11-21-23(13-15)32-40-29(21)38-27-18-6-2-1-5-17(18)25(36-27)35-26-19-7-3-4-8-20(19)28(37-26)39-31-24-14-16(34(45)46)10-12-22(24)30(41-31)42-32/h15-32,35-42H,1-14H2,(H,43,44)(H,45,46). The van der Waals surface area contributed by atoms with Crippen LogP contribution in [-0.4, -0.2) is 71.5 Å². The average Bonchev–Trinajstić information content (AvgIpc) is 3.79. The third-order valence-corrected chi connectivity index (χ3v) is 14.7. The number of carboxylic acids is 2. The minimum atomic E-state index is -0.665. The maximum absolute atomic E-state index is 12.2. The van der Waals surface area contributed by atoms with Crippen molar-refractivity contribution in [2.24, 2.45) is 59.2 Å². The first-order valence-corrected chi connectivity index (χ1v) is 19.0. The van der Waals surface area contributed by atoms with E-state index < -0.39 is 11.9 Å². The Morgan fingerprint density at radius 3 is 0.848 bits per heavy atom. The van der Waals surface area contributed by atoms with E-state index in [1.807, 2.05) is 0 Å². The molecule has 5 heterocycles. The van der Waals surface area contributed by atoms with Gasteiger partial charge >= 0.3 is 11.9 Å². The molecule has 256 valence electrons. The van der Waals surface area contributed by atoms with Crippen molar-refractivity contribution in [3.05, 3.63) is 0 Å².